The van der Waals surface area contributed by atoms with Crippen molar-refractivity contribution in [3.8, 4) is 28.7 Å². The highest BCUT2D eigenvalue weighted by molar-refractivity contribution is 5.79. The molecule has 2 N–H and O–H groups in total. The van der Waals surface area contributed by atoms with E-state index < -0.39 is 0 Å². The Bertz CT molecular complexity index is 975. The summed E-state index contributed by atoms with van der Waals surface area (Å²) in [6, 6.07) is 19.7. The molecular formula is C23H23N3O. The summed E-state index contributed by atoms with van der Waals surface area (Å²) in [6.07, 6.45) is 2.60. The van der Waals surface area contributed by atoms with Gasteiger partial charge in [-0.3, -0.25) is 0 Å². The van der Waals surface area contributed by atoms with E-state index in [2.05, 4.69) is 24.9 Å². The minimum Gasteiger partial charge on any atom is -0.457 e. The van der Waals surface area contributed by atoms with E-state index in [0.717, 1.165) is 53.1 Å². The normalized spacial score (nSPS) is 10.4. The zero-order valence-corrected chi connectivity index (χ0v) is 15.7. The first-order valence-corrected chi connectivity index (χ1v) is 9.22. The lowest BCUT2D eigenvalue weighted by atomic mass is 9.91. The van der Waals surface area contributed by atoms with Gasteiger partial charge in [-0.1, -0.05) is 50.6 Å². The molecule has 0 bridgehead atoms. The topological polar surface area (TPSA) is 71.9 Å². The van der Waals surface area contributed by atoms with E-state index in [9.17, 15) is 5.26 Å². The Labute approximate surface area is 160 Å². The molecule has 0 aliphatic rings. The molecule has 1 aromatic heterocycles. The second-order valence-corrected chi connectivity index (χ2v) is 6.33. The molecule has 136 valence electrons. The number of aromatic nitrogens is 1. The molecule has 3 rings (SSSR count). The van der Waals surface area contributed by atoms with Crippen molar-refractivity contribution in [3.63, 3.8) is 0 Å². The number of nitrogens with zero attached hydrogens (tertiary/aromatic N) is 2. The van der Waals surface area contributed by atoms with Crippen LogP contribution in [0, 0.1) is 11.3 Å². The van der Waals surface area contributed by atoms with Crippen LogP contribution >= 0.6 is 0 Å². The van der Waals surface area contributed by atoms with Gasteiger partial charge < -0.3 is 10.5 Å². The Balaban J connectivity index is 2.13. The van der Waals surface area contributed by atoms with Crippen molar-refractivity contribution in [2.75, 3.05) is 5.73 Å². The summed E-state index contributed by atoms with van der Waals surface area (Å²) in [5.74, 6) is 1.78. The molecule has 0 spiro atoms. The van der Waals surface area contributed by atoms with Crippen LogP contribution in [0.25, 0.3) is 11.1 Å². The number of nitrogen functional groups attached to an aromatic ring is 1. The molecule has 2 aromatic carbocycles. The van der Waals surface area contributed by atoms with E-state index in [1.54, 1.807) is 0 Å². The second-order valence-electron chi connectivity index (χ2n) is 6.33. The molecule has 0 saturated carbocycles. The van der Waals surface area contributed by atoms with E-state index in [1.807, 2.05) is 54.6 Å². The Kier molecular flexibility index (Phi) is 5.73. The molecule has 0 fully saturated rings. The summed E-state index contributed by atoms with van der Waals surface area (Å²) in [6.45, 7) is 4.20. The van der Waals surface area contributed by atoms with Crippen molar-refractivity contribution in [2.24, 2.45) is 0 Å². The third-order valence-electron chi connectivity index (χ3n) is 4.47. The van der Waals surface area contributed by atoms with Crippen LogP contribution in [0.4, 0.5) is 5.82 Å². The largest absolute Gasteiger partial charge is 0.457 e. The zero-order chi connectivity index (χ0) is 19.2. The van der Waals surface area contributed by atoms with Gasteiger partial charge in [0.15, 0.2) is 0 Å². The van der Waals surface area contributed by atoms with Crippen LogP contribution in [0.2, 0.25) is 0 Å². The van der Waals surface area contributed by atoms with E-state index >= 15 is 0 Å². The third-order valence-corrected chi connectivity index (χ3v) is 4.47. The molecule has 0 unspecified atom stereocenters. The third kappa shape index (κ3) is 3.93. The first-order chi connectivity index (χ1) is 13.2. The lowest BCUT2D eigenvalue weighted by Gasteiger charge is -2.17. The fourth-order valence-corrected chi connectivity index (χ4v) is 3.29. The molecule has 0 aliphatic carbocycles. The van der Waals surface area contributed by atoms with Gasteiger partial charge in [0, 0.05) is 11.3 Å². The molecule has 0 atom stereocenters. The minimum atomic E-state index is 0.294. The SMILES string of the molecule is CCCc1nc(N)c(C#N)c(-c2cccc(Oc3ccccc3)c2)c1CC. The van der Waals surface area contributed by atoms with Crippen molar-refractivity contribution in [1.29, 1.82) is 5.26 Å². The summed E-state index contributed by atoms with van der Waals surface area (Å²) in [5.41, 5.74) is 10.4. The minimum absolute atomic E-state index is 0.294. The summed E-state index contributed by atoms with van der Waals surface area (Å²) in [4.78, 5) is 4.50. The maximum Gasteiger partial charge on any atom is 0.142 e. The molecule has 0 saturated heterocycles. The van der Waals surface area contributed by atoms with Crippen LogP contribution < -0.4 is 10.5 Å². The Morgan fingerprint density at radius 1 is 1.04 bits per heavy atom. The van der Waals surface area contributed by atoms with Crippen molar-refractivity contribution in [3.05, 3.63) is 71.4 Å². The van der Waals surface area contributed by atoms with Crippen LogP contribution in [-0.4, -0.2) is 4.98 Å². The molecule has 0 aliphatic heterocycles. The number of hydrogen-bond donors (Lipinski definition) is 1. The number of rotatable bonds is 6. The van der Waals surface area contributed by atoms with Crippen molar-refractivity contribution in [2.45, 2.75) is 33.1 Å². The van der Waals surface area contributed by atoms with Crippen LogP contribution in [-0.2, 0) is 12.8 Å². The summed E-state index contributed by atoms with van der Waals surface area (Å²) in [5, 5.41) is 9.70. The van der Waals surface area contributed by atoms with Gasteiger partial charge in [-0.25, -0.2) is 4.98 Å². The average molecular weight is 357 g/mol. The number of benzene rings is 2. The van der Waals surface area contributed by atoms with Gasteiger partial charge >= 0.3 is 0 Å². The second kappa shape index (κ2) is 8.37. The predicted molar refractivity (Wildman–Crippen MR) is 109 cm³/mol. The predicted octanol–water partition coefficient (Wildman–Crippen LogP) is 5.51. The zero-order valence-electron chi connectivity index (χ0n) is 15.7. The number of para-hydroxylation sites is 1. The number of aryl methyl sites for hydroxylation is 1. The first-order valence-electron chi connectivity index (χ1n) is 9.22. The molecule has 3 aromatic rings. The van der Waals surface area contributed by atoms with Crippen LogP contribution in [0.15, 0.2) is 54.6 Å². The van der Waals surface area contributed by atoms with Crippen LogP contribution in [0.1, 0.15) is 37.1 Å². The van der Waals surface area contributed by atoms with Gasteiger partial charge in [0.05, 0.1) is 0 Å². The Morgan fingerprint density at radius 2 is 1.78 bits per heavy atom. The first kappa shape index (κ1) is 18.5. The number of nitrogens with two attached hydrogens (primary N) is 1. The van der Waals surface area contributed by atoms with Gasteiger partial charge in [0.1, 0.15) is 28.9 Å². The molecule has 4 nitrogen and oxygen atoms in total. The molecule has 4 heteroatoms. The van der Waals surface area contributed by atoms with Gasteiger partial charge in [0.25, 0.3) is 0 Å². The van der Waals surface area contributed by atoms with Gasteiger partial charge in [0.2, 0.25) is 0 Å². The smallest absolute Gasteiger partial charge is 0.142 e. The highest BCUT2D eigenvalue weighted by Crippen LogP contribution is 2.35. The van der Waals surface area contributed by atoms with Gasteiger partial charge in [-0.15, -0.1) is 0 Å². The number of ether oxygens (including phenoxy) is 1. The lowest BCUT2D eigenvalue weighted by molar-refractivity contribution is 0.483. The van der Waals surface area contributed by atoms with E-state index in [0.29, 0.717) is 11.4 Å². The molecule has 0 radical (unpaired) electrons. The fourth-order valence-electron chi connectivity index (χ4n) is 3.29. The van der Waals surface area contributed by atoms with E-state index in [4.69, 9.17) is 10.5 Å². The highest BCUT2D eigenvalue weighted by atomic mass is 16.5. The summed E-state index contributed by atoms with van der Waals surface area (Å²) < 4.78 is 5.97. The van der Waals surface area contributed by atoms with Crippen molar-refractivity contribution in [1.82, 2.24) is 4.98 Å². The highest BCUT2D eigenvalue weighted by Gasteiger charge is 2.19. The number of anilines is 1. The number of pyridine rings is 1. The van der Waals surface area contributed by atoms with Crippen molar-refractivity contribution >= 4 is 5.82 Å². The van der Waals surface area contributed by atoms with E-state index in [1.165, 1.54) is 0 Å². The number of hydrogen-bond acceptors (Lipinski definition) is 4. The molecule has 27 heavy (non-hydrogen) atoms. The lowest BCUT2D eigenvalue weighted by Crippen LogP contribution is -2.07. The summed E-state index contributed by atoms with van der Waals surface area (Å²) in [7, 11) is 0. The Hall–Kier alpha value is -3.32. The quantitative estimate of drug-likeness (QED) is 0.631. The molecule has 1 heterocycles. The van der Waals surface area contributed by atoms with Crippen molar-refractivity contribution < 1.29 is 4.74 Å². The fraction of sp³-hybridized carbons (Fsp3) is 0.217. The molecule has 0 amide bonds. The Morgan fingerprint density at radius 3 is 2.44 bits per heavy atom. The molecular weight excluding hydrogens is 334 g/mol. The monoisotopic (exact) mass is 357 g/mol. The van der Waals surface area contributed by atoms with Gasteiger partial charge in [-0.2, -0.15) is 5.26 Å². The standard InChI is InChI=1S/C23H23N3O/c1-3-9-21-19(4-2)22(20(15-24)23(25)26-21)16-10-8-13-18(14-16)27-17-11-6-5-7-12-17/h5-8,10-14H,3-4,9H2,1-2H3,(H2,25,26). The van der Waals surface area contributed by atoms with E-state index in [-0.39, 0.29) is 0 Å². The van der Waals surface area contributed by atoms with Crippen LogP contribution in [0.5, 0.6) is 11.5 Å². The van der Waals surface area contributed by atoms with Gasteiger partial charge in [-0.05, 0) is 48.2 Å². The maximum absolute atomic E-state index is 9.70. The van der Waals surface area contributed by atoms with Crippen LogP contribution in [0.3, 0.4) is 0 Å². The average Bonchev–Trinajstić information content (AvgIpc) is 2.69. The maximum atomic E-state index is 9.70. The summed E-state index contributed by atoms with van der Waals surface area (Å²) >= 11 is 0. The number of nitriles is 1.